The van der Waals surface area contributed by atoms with Gasteiger partial charge < -0.3 is 15.7 Å². The van der Waals surface area contributed by atoms with E-state index in [0.29, 0.717) is 22.3 Å². The summed E-state index contributed by atoms with van der Waals surface area (Å²) in [6.45, 7) is 2.00. The van der Waals surface area contributed by atoms with Gasteiger partial charge in [0.05, 0.1) is 0 Å². The van der Waals surface area contributed by atoms with E-state index in [2.05, 4.69) is 20.5 Å². The molecule has 4 heterocycles. The van der Waals surface area contributed by atoms with Crippen molar-refractivity contribution in [1.29, 1.82) is 0 Å². The quantitative estimate of drug-likeness (QED) is 0.394. The molecule has 1 amide bonds. The number of aromatic nitrogens is 5. The highest BCUT2D eigenvalue weighted by Gasteiger charge is 2.55. The Bertz CT molecular complexity index is 874. The predicted octanol–water partition coefficient (Wildman–Crippen LogP) is -0.767. The molecule has 3 atom stereocenters. The van der Waals surface area contributed by atoms with Crippen LogP contribution in [-0.2, 0) is 9.59 Å². The number of aliphatic carboxylic acids is 1. The molecule has 4 rings (SSSR count). The number of carbonyl (C=O) groups is 2. The van der Waals surface area contributed by atoms with E-state index in [4.69, 9.17) is 5.73 Å². The number of fused-ring (bicyclic) bond motifs is 2. The fourth-order valence-electron chi connectivity index (χ4n) is 2.95. The number of tetrazole rings is 1. The standard InChI is InChI=1S/C13H15N7O3S2/c1-6-2-7(20-12(15-6)16-17-18-20)24-4-13(11(22)23)3-19-9(21)8(14)10(19)25-5-13/h2,8,10H,3-5,14H2,1H3,(H,22,23)/t8?,10-,13?/m1/s1. The van der Waals surface area contributed by atoms with Crippen molar-refractivity contribution in [3.63, 3.8) is 0 Å². The van der Waals surface area contributed by atoms with E-state index in [1.807, 2.05) is 13.0 Å². The van der Waals surface area contributed by atoms with Gasteiger partial charge in [0, 0.05) is 23.7 Å². The molecule has 2 aliphatic rings. The van der Waals surface area contributed by atoms with Crippen LogP contribution < -0.4 is 5.73 Å². The molecule has 0 spiro atoms. The van der Waals surface area contributed by atoms with Crippen molar-refractivity contribution in [3.8, 4) is 0 Å². The molecule has 12 heteroatoms. The summed E-state index contributed by atoms with van der Waals surface area (Å²) in [5, 5.41) is 21.7. The van der Waals surface area contributed by atoms with Crippen LogP contribution in [0.2, 0.25) is 0 Å². The molecule has 2 saturated heterocycles. The Kier molecular flexibility index (Phi) is 3.85. The SMILES string of the molecule is Cc1cc(SCC2(C(=O)O)CS[C@@H]3C(N)C(=O)N3C2)n2nnnc2n1. The van der Waals surface area contributed by atoms with E-state index in [0.717, 1.165) is 5.69 Å². The van der Waals surface area contributed by atoms with Crippen molar-refractivity contribution < 1.29 is 14.7 Å². The van der Waals surface area contributed by atoms with Gasteiger partial charge >= 0.3 is 5.97 Å². The first-order chi connectivity index (χ1) is 11.9. The lowest BCUT2D eigenvalue weighted by Gasteiger charge is -2.52. The number of hydrogen-bond donors (Lipinski definition) is 2. The third-order valence-corrected chi connectivity index (χ3v) is 7.30. The van der Waals surface area contributed by atoms with Gasteiger partial charge in [0.15, 0.2) is 0 Å². The van der Waals surface area contributed by atoms with E-state index in [1.165, 1.54) is 28.0 Å². The van der Waals surface area contributed by atoms with Crippen LogP contribution in [0.15, 0.2) is 11.1 Å². The molecule has 0 aromatic carbocycles. The number of amides is 1. The molecule has 0 radical (unpaired) electrons. The van der Waals surface area contributed by atoms with Crippen LogP contribution in [0.25, 0.3) is 5.78 Å². The van der Waals surface area contributed by atoms with Gasteiger partial charge in [-0.2, -0.15) is 4.52 Å². The predicted molar refractivity (Wildman–Crippen MR) is 90.0 cm³/mol. The van der Waals surface area contributed by atoms with Crippen molar-refractivity contribution >= 4 is 41.2 Å². The molecule has 3 N–H and O–H groups in total. The number of carboxylic acids is 1. The Morgan fingerprint density at radius 1 is 1.60 bits per heavy atom. The molecule has 0 bridgehead atoms. The topological polar surface area (TPSA) is 140 Å². The van der Waals surface area contributed by atoms with Crippen LogP contribution in [0.3, 0.4) is 0 Å². The molecule has 2 aliphatic heterocycles. The highest BCUT2D eigenvalue weighted by Crippen LogP contribution is 2.43. The zero-order chi connectivity index (χ0) is 17.8. The smallest absolute Gasteiger partial charge is 0.313 e. The van der Waals surface area contributed by atoms with E-state index < -0.39 is 17.4 Å². The summed E-state index contributed by atoms with van der Waals surface area (Å²) < 4.78 is 1.48. The Labute approximate surface area is 150 Å². The average molecular weight is 381 g/mol. The molecule has 0 saturated carbocycles. The molecule has 2 aromatic heterocycles. The summed E-state index contributed by atoms with van der Waals surface area (Å²) >= 11 is 2.78. The monoisotopic (exact) mass is 381 g/mol. The Morgan fingerprint density at radius 2 is 2.40 bits per heavy atom. The summed E-state index contributed by atoms with van der Waals surface area (Å²) in [4.78, 5) is 29.7. The lowest BCUT2D eigenvalue weighted by molar-refractivity contribution is -0.155. The minimum atomic E-state index is -1.04. The third-order valence-electron chi connectivity index (χ3n) is 4.41. The number of aryl methyl sites for hydroxylation is 1. The van der Waals surface area contributed by atoms with Crippen LogP contribution in [-0.4, -0.2) is 76.4 Å². The fourth-order valence-corrected chi connectivity index (χ4v) is 5.80. The number of rotatable bonds is 4. The molecule has 2 unspecified atom stereocenters. The molecule has 25 heavy (non-hydrogen) atoms. The van der Waals surface area contributed by atoms with Crippen molar-refractivity contribution in [2.24, 2.45) is 11.1 Å². The van der Waals surface area contributed by atoms with Gasteiger partial charge in [0.1, 0.15) is 21.9 Å². The van der Waals surface area contributed by atoms with E-state index in [1.54, 1.807) is 4.90 Å². The van der Waals surface area contributed by atoms with Gasteiger partial charge in [-0.15, -0.1) is 23.5 Å². The summed E-state index contributed by atoms with van der Waals surface area (Å²) in [7, 11) is 0. The lowest BCUT2D eigenvalue weighted by Crippen LogP contribution is -2.72. The first-order valence-electron chi connectivity index (χ1n) is 7.51. The van der Waals surface area contributed by atoms with Crippen molar-refractivity contribution in [1.82, 2.24) is 29.9 Å². The normalized spacial score (nSPS) is 28.7. The van der Waals surface area contributed by atoms with Gasteiger partial charge in [0.25, 0.3) is 5.78 Å². The minimum Gasteiger partial charge on any atom is -0.481 e. The minimum absolute atomic E-state index is 0.112. The molecular weight excluding hydrogens is 366 g/mol. The van der Waals surface area contributed by atoms with Crippen LogP contribution in [0.1, 0.15) is 5.69 Å². The van der Waals surface area contributed by atoms with Crippen LogP contribution in [0.5, 0.6) is 0 Å². The third kappa shape index (κ3) is 2.55. The van der Waals surface area contributed by atoms with E-state index >= 15 is 0 Å². The summed E-state index contributed by atoms with van der Waals surface area (Å²) in [5.74, 6) is -0.0398. The zero-order valence-corrected chi connectivity index (χ0v) is 14.8. The van der Waals surface area contributed by atoms with Gasteiger partial charge in [-0.05, 0) is 23.4 Å². The van der Waals surface area contributed by atoms with Crippen LogP contribution in [0, 0.1) is 12.3 Å². The maximum Gasteiger partial charge on any atom is 0.313 e. The largest absolute Gasteiger partial charge is 0.481 e. The summed E-state index contributed by atoms with van der Waals surface area (Å²) in [6, 6.07) is 1.29. The maximum absolute atomic E-state index is 12.0. The first kappa shape index (κ1) is 16.5. The number of nitrogens with zero attached hydrogens (tertiary/aromatic N) is 6. The zero-order valence-electron chi connectivity index (χ0n) is 13.2. The number of thioether (sulfide) groups is 2. The summed E-state index contributed by atoms with van der Waals surface area (Å²) in [6.07, 6.45) is 0. The Hall–Kier alpha value is -1.92. The number of nitrogens with two attached hydrogens (primary N) is 1. The van der Waals surface area contributed by atoms with Crippen molar-refractivity contribution in [2.75, 3.05) is 18.1 Å². The highest BCUT2D eigenvalue weighted by molar-refractivity contribution is 8.00. The number of carboxylic acid groups (broad SMARTS) is 1. The second-order valence-electron chi connectivity index (χ2n) is 6.19. The van der Waals surface area contributed by atoms with Gasteiger partial charge in [-0.25, -0.2) is 4.98 Å². The van der Waals surface area contributed by atoms with Crippen LogP contribution >= 0.6 is 23.5 Å². The molecule has 132 valence electrons. The molecule has 0 aliphatic carbocycles. The first-order valence-corrected chi connectivity index (χ1v) is 9.54. The maximum atomic E-state index is 12.0. The van der Waals surface area contributed by atoms with Crippen molar-refractivity contribution in [2.45, 2.75) is 23.4 Å². The van der Waals surface area contributed by atoms with E-state index in [-0.39, 0.29) is 17.8 Å². The second kappa shape index (κ2) is 5.81. The number of hydrogen-bond acceptors (Lipinski definition) is 9. The van der Waals surface area contributed by atoms with Crippen LogP contribution in [0.4, 0.5) is 0 Å². The number of carbonyl (C=O) groups excluding carboxylic acids is 1. The fraction of sp³-hybridized carbons (Fsp3) is 0.538. The van der Waals surface area contributed by atoms with Gasteiger partial charge in [-0.1, -0.05) is 5.10 Å². The highest BCUT2D eigenvalue weighted by atomic mass is 32.2. The molecule has 10 nitrogen and oxygen atoms in total. The van der Waals surface area contributed by atoms with Crippen molar-refractivity contribution in [3.05, 3.63) is 11.8 Å². The summed E-state index contributed by atoms with van der Waals surface area (Å²) in [5.41, 5.74) is 5.48. The van der Waals surface area contributed by atoms with E-state index in [9.17, 15) is 14.7 Å². The second-order valence-corrected chi connectivity index (χ2v) is 8.29. The molecular formula is C13H15N7O3S2. The average Bonchev–Trinajstić information content (AvgIpc) is 3.06. The number of β-lactam (4-membered cyclic amide) rings is 1. The molecule has 2 fully saturated rings. The lowest BCUT2D eigenvalue weighted by atomic mass is 9.89. The van der Waals surface area contributed by atoms with Gasteiger partial charge in [-0.3, -0.25) is 9.59 Å². The van der Waals surface area contributed by atoms with Gasteiger partial charge in [0.2, 0.25) is 5.91 Å². The molecule has 2 aromatic rings. The Balaban J connectivity index is 1.58. The Morgan fingerprint density at radius 3 is 3.16 bits per heavy atom.